The van der Waals surface area contributed by atoms with Crippen molar-refractivity contribution in [2.45, 2.75) is 31.7 Å². The summed E-state index contributed by atoms with van der Waals surface area (Å²) in [5.41, 5.74) is 5.38. The summed E-state index contributed by atoms with van der Waals surface area (Å²) < 4.78 is 5.47. The number of nitrogens with one attached hydrogen (secondary N) is 1. The molecule has 1 fully saturated rings. The Morgan fingerprint density at radius 2 is 2.33 bits per heavy atom. The summed E-state index contributed by atoms with van der Waals surface area (Å²) in [6.07, 6.45) is 4.86. The Morgan fingerprint density at radius 1 is 1.50 bits per heavy atom. The Balaban J connectivity index is 1.66. The first kappa shape index (κ1) is 12.8. The van der Waals surface area contributed by atoms with Crippen LogP contribution in [0.25, 0.3) is 0 Å². The summed E-state index contributed by atoms with van der Waals surface area (Å²) in [5, 5.41) is 3.46. The van der Waals surface area contributed by atoms with Crippen LogP contribution >= 0.6 is 0 Å². The minimum atomic E-state index is -0.535. The molecule has 0 spiro atoms. The molecule has 5 heteroatoms. The van der Waals surface area contributed by atoms with Crippen LogP contribution in [0, 0.1) is 0 Å². The molecule has 0 saturated heterocycles. The molecule has 1 aromatic heterocycles. The minimum Gasteiger partial charge on any atom is -0.478 e. The molecule has 2 rings (SSSR count). The second-order valence-corrected chi connectivity index (χ2v) is 4.51. The summed E-state index contributed by atoms with van der Waals surface area (Å²) in [4.78, 5) is 15.0. The zero-order chi connectivity index (χ0) is 12.8. The van der Waals surface area contributed by atoms with E-state index >= 15 is 0 Å². The number of nitrogens with zero attached hydrogens (tertiary/aromatic N) is 1. The Bertz CT molecular complexity index is 405. The van der Waals surface area contributed by atoms with Crippen LogP contribution in [0.15, 0.2) is 18.2 Å². The molecule has 1 aliphatic rings. The van der Waals surface area contributed by atoms with Crippen molar-refractivity contribution in [1.29, 1.82) is 0 Å². The normalized spacial score (nSPS) is 15.1. The van der Waals surface area contributed by atoms with Crippen molar-refractivity contribution < 1.29 is 9.53 Å². The minimum absolute atomic E-state index is 0.236. The molecular formula is C13H19N3O2. The number of hydrogen-bond acceptors (Lipinski definition) is 4. The molecule has 1 aromatic rings. The second-order valence-electron chi connectivity index (χ2n) is 4.51. The first-order chi connectivity index (χ1) is 8.75. The highest BCUT2D eigenvalue weighted by atomic mass is 16.5. The maximum Gasteiger partial charge on any atom is 0.267 e. The van der Waals surface area contributed by atoms with Gasteiger partial charge in [0.25, 0.3) is 5.91 Å². The number of primary amides is 1. The number of amides is 1. The van der Waals surface area contributed by atoms with Crippen molar-refractivity contribution >= 4 is 5.91 Å². The molecule has 1 aliphatic carbocycles. The van der Waals surface area contributed by atoms with Crippen molar-refractivity contribution in [3.05, 3.63) is 23.9 Å². The fraction of sp³-hybridized carbons (Fsp3) is 0.538. The van der Waals surface area contributed by atoms with E-state index in [9.17, 15) is 4.79 Å². The largest absolute Gasteiger partial charge is 0.478 e. The van der Waals surface area contributed by atoms with E-state index in [1.165, 1.54) is 19.3 Å². The van der Waals surface area contributed by atoms with E-state index in [0.29, 0.717) is 18.5 Å². The molecule has 5 nitrogen and oxygen atoms in total. The van der Waals surface area contributed by atoms with Crippen LogP contribution in [-0.2, 0) is 0 Å². The molecule has 18 heavy (non-hydrogen) atoms. The van der Waals surface area contributed by atoms with Gasteiger partial charge < -0.3 is 15.8 Å². The lowest BCUT2D eigenvalue weighted by Crippen LogP contribution is -2.36. The van der Waals surface area contributed by atoms with Gasteiger partial charge in [-0.05, 0) is 31.9 Å². The molecule has 0 atom stereocenters. The van der Waals surface area contributed by atoms with Crippen LogP contribution in [0.1, 0.15) is 36.2 Å². The average molecular weight is 249 g/mol. The van der Waals surface area contributed by atoms with Gasteiger partial charge in [-0.25, -0.2) is 4.98 Å². The van der Waals surface area contributed by atoms with Gasteiger partial charge in [-0.15, -0.1) is 0 Å². The summed E-state index contributed by atoms with van der Waals surface area (Å²) in [5.74, 6) is -0.0814. The second kappa shape index (κ2) is 6.35. The van der Waals surface area contributed by atoms with E-state index in [1.54, 1.807) is 18.2 Å². The van der Waals surface area contributed by atoms with Gasteiger partial charge in [-0.1, -0.05) is 12.5 Å². The predicted molar refractivity (Wildman–Crippen MR) is 68.5 cm³/mol. The van der Waals surface area contributed by atoms with Crippen LogP contribution in [0.5, 0.6) is 5.88 Å². The van der Waals surface area contributed by atoms with E-state index in [4.69, 9.17) is 10.5 Å². The lowest BCUT2D eigenvalue weighted by Gasteiger charge is -2.26. The van der Waals surface area contributed by atoms with Crippen molar-refractivity contribution in [1.82, 2.24) is 10.3 Å². The van der Waals surface area contributed by atoms with E-state index in [2.05, 4.69) is 10.3 Å². The molecule has 3 N–H and O–H groups in total. The number of nitrogens with two attached hydrogens (primary N) is 1. The predicted octanol–water partition coefficient (Wildman–Crippen LogP) is 1.09. The van der Waals surface area contributed by atoms with Gasteiger partial charge in [-0.3, -0.25) is 4.79 Å². The number of aromatic nitrogens is 1. The summed E-state index contributed by atoms with van der Waals surface area (Å²) in [6.45, 7) is 1.55. The summed E-state index contributed by atoms with van der Waals surface area (Å²) in [6, 6.07) is 5.73. The van der Waals surface area contributed by atoms with Gasteiger partial charge in [0.05, 0.1) is 6.61 Å². The molecule has 0 aromatic carbocycles. The standard InChI is InChI=1S/C13H19N3O2/c14-13(17)11-6-2-7-12(16-11)18-9-3-8-15-10-4-1-5-10/h2,6-7,10,15H,1,3-5,8-9H2,(H2,14,17). The number of pyridine rings is 1. The molecule has 0 bridgehead atoms. The Labute approximate surface area is 107 Å². The van der Waals surface area contributed by atoms with Crippen molar-refractivity contribution in [3.8, 4) is 5.88 Å². The van der Waals surface area contributed by atoms with Gasteiger partial charge in [0.2, 0.25) is 5.88 Å². The van der Waals surface area contributed by atoms with Gasteiger partial charge in [0.1, 0.15) is 5.69 Å². The fourth-order valence-corrected chi connectivity index (χ4v) is 1.80. The molecule has 0 aliphatic heterocycles. The third-order valence-corrected chi connectivity index (χ3v) is 3.09. The van der Waals surface area contributed by atoms with Crippen LogP contribution in [-0.4, -0.2) is 30.1 Å². The first-order valence-corrected chi connectivity index (χ1v) is 6.39. The molecule has 0 unspecified atom stereocenters. The van der Waals surface area contributed by atoms with Crippen LogP contribution in [0.2, 0.25) is 0 Å². The third kappa shape index (κ3) is 3.70. The molecule has 0 radical (unpaired) electrons. The van der Waals surface area contributed by atoms with Gasteiger partial charge >= 0.3 is 0 Å². The fourth-order valence-electron chi connectivity index (χ4n) is 1.80. The quantitative estimate of drug-likeness (QED) is 0.709. The Hall–Kier alpha value is -1.62. The maximum atomic E-state index is 10.9. The number of carbonyl (C=O) groups excluding carboxylic acids is 1. The first-order valence-electron chi connectivity index (χ1n) is 6.39. The topological polar surface area (TPSA) is 77.2 Å². The molecular weight excluding hydrogens is 230 g/mol. The van der Waals surface area contributed by atoms with Crippen molar-refractivity contribution in [2.75, 3.05) is 13.2 Å². The number of hydrogen-bond donors (Lipinski definition) is 2. The summed E-state index contributed by atoms with van der Waals surface area (Å²) in [7, 11) is 0. The Kier molecular flexibility index (Phi) is 4.52. The molecule has 1 saturated carbocycles. The van der Waals surface area contributed by atoms with E-state index in [1.807, 2.05) is 0 Å². The van der Waals surface area contributed by atoms with Gasteiger partial charge in [-0.2, -0.15) is 0 Å². The van der Waals surface area contributed by atoms with Crippen LogP contribution in [0.4, 0.5) is 0 Å². The third-order valence-electron chi connectivity index (χ3n) is 3.09. The van der Waals surface area contributed by atoms with E-state index in [-0.39, 0.29) is 5.69 Å². The lowest BCUT2D eigenvalue weighted by atomic mass is 9.93. The maximum absolute atomic E-state index is 10.9. The highest BCUT2D eigenvalue weighted by Crippen LogP contribution is 2.17. The lowest BCUT2D eigenvalue weighted by molar-refractivity contribution is 0.0994. The van der Waals surface area contributed by atoms with Crippen LogP contribution < -0.4 is 15.8 Å². The monoisotopic (exact) mass is 249 g/mol. The van der Waals surface area contributed by atoms with Gasteiger partial charge in [0.15, 0.2) is 0 Å². The summed E-state index contributed by atoms with van der Waals surface area (Å²) >= 11 is 0. The zero-order valence-electron chi connectivity index (χ0n) is 10.4. The number of rotatable bonds is 7. The Morgan fingerprint density at radius 3 is 3.00 bits per heavy atom. The molecule has 1 heterocycles. The number of ether oxygens (including phenoxy) is 1. The molecule has 1 amide bonds. The van der Waals surface area contributed by atoms with E-state index < -0.39 is 5.91 Å². The number of carbonyl (C=O) groups is 1. The highest BCUT2D eigenvalue weighted by Gasteiger charge is 2.15. The van der Waals surface area contributed by atoms with E-state index in [0.717, 1.165) is 13.0 Å². The van der Waals surface area contributed by atoms with Crippen LogP contribution in [0.3, 0.4) is 0 Å². The van der Waals surface area contributed by atoms with Crippen molar-refractivity contribution in [3.63, 3.8) is 0 Å². The zero-order valence-corrected chi connectivity index (χ0v) is 10.4. The van der Waals surface area contributed by atoms with Gasteiger partial charge in [0, 0.05) is 12.1 Å². The smallest absolute Gasteiger partial charge is 0.267 e. The molecule has 98 valence electrons. The highest BCUT2D eigenvalue weighted by molar-refractivity contribution is 5.90. The SMILES string of the molecule is NC(=O)c1cccc(OCCCNC2CCC2)n1. The van der Waals surface area contributed by atoms with Crippen molar-refractivity contribution in [2.24, 2.45) is 5.73 Å². The average Bonchev–Trinajstić information content (AvgIpc) is 2.31.